The molecule has 2 aromatic carbocycles. The van der Waals surface area contributed by atoms with Crippen LogP contribution in [0.4, 0.5) is 0 Å². The molecule has 4 rings (SSSR count). The van der Waals surface area contributed by atoms with Crippen molar-refractivity contribution in [2.24, 2.45) is 5.92 Å². The van der Waals surface area contributed by atoms with Gasteiger partial charge in [0.2, 0.25) is 0 Å². The molecule has 1 saturated carbocycles. The van der Waals surface area contributed by atoms with Crippen molar-refractivity contribution in [3.63, 3.8) is 0 Å². The van der Waals surface area contributed by atoms with Gasteiger partial charge in [0.25, 0.3) is 0 Å². The van der Waals surface area contributed by atoms with Crippen LogP contribution in [0.1, 0.15) is 24.8 Å². The van der Waals surface area contributed by atoms with Crippen LogP contribution in [0.25, 0.3) is 11.3 Å². The van der Waals surface area contributed by atoms with Gasteiger partial charge in [-0.05, 0) is 49.1 Å². The van der Waals surface area contributed by atoms with Crippen LogP contribution in [0, 0.1) is 5.92 Å². The number of carboxylic acids is 1. The topological polar surface area (TPSA) is 64.3 Å². The first-order valence-corrected chi connectivity index (χ1v) is 10.1. The quantitative estimate of drug-likeness (QED) is 0.616. The van der Waals surface area contributed by atoms with Crippen molar-refractivity contribution in [2.45, 2.75) is 35.6 Å². The Morgan fingerprint density at radius 3 is 2.50 bits per heavy atom. The Morgan fingerprint density at radius 1 is 1.21 bits per heavy atom. The number of aryl methyl sites for hydroxylation is 1. The van der Waals surface area contributed by atoms with Gasteiger partial charge in [-0.1, -0.05) is 36.0 Å². The average molecular weight is 394 g/mol. The zero-order valence-electron chi connectivity index (χ0n) is 15.8. The minimum atomic E-state index is -0.700. The van der Waals surface area contributed by atoms with Crippen molar-refractivity contribution in [1.82, 2.24) is 9.78 Å². The molecule has 0 aliphatic heterocycles. The maximum absolute atomic E-state index is 11.1. The van der Waals surface area contributed by atoms with Gasteiger partial charge in [0.1, 0.15) is 11.4 Å². The lowest BCUT2D eigenvalue weighted by molar-refractivity contribution is -0.138. The lowest BCUT2D eigenvalue weighted by Crippen LogP contribution is -1.98. The molecule has 1 heterocycles. The average Bonchev–Trinajstić information content (AvgIpc) is 3.43. The molecule has 3 aromatic rings. The predicted octanol–water partition coefficient (Wildman–Crippen LogP) is 4.92. The van der Waals surface area contributed by atoms with Gasteiger partial charge in [0.05, 0.1) is 17.9 Å². The number of carboxylic acid groups (broad SMARTS) is 1. The molecular formula is C22H22N2O3S. The molecule has 0 spiro atoms. The SMILES string of the molecule is CCn1cc(Sc2ccc(OC)cc2)c(-c2ccc(C3CC3C(=O)O)cc2)n1. The number of hydrogen-bond acceptors (Lipinski definition) is 4. The predicted molar refractivity (Wildman–Crippen MR) is 109 cm³/mol. The molecule has 144 valence electrons. The van der Waals surface area contributed by atoms with Gasteiger partial charge in [0.15, 0.2) is 0 Å². The Balaban J connectivity index is 1.58. The summed E-state index contributed by atoms with van der Waals surface area (Å²) in [5, 5.41) is 13.9. The van der Waals surface area contributed by atoms with Gasteiger partial charge >= 0.3 is 5.97 Å². The first-order chi connectivity index (χ1) is 13.6. The summed E-state index contributed by atoms with van der Waals surface area (Å²) in [6.07, 6.45) is 2.80. The van der Waals surface area contributed by atoms with E-state index in [0.29, 0.717) is 0 Å². The fourth-order valence-electron chi connectivity index (χ4n) is 3.34. The molecule has 5 nitrogen and oxygen atoms in total. The third kappa shape index (κ3) is 3.78. The van der Waals surface area contributed by atoms with Crippen LogP contribution < -0.4 is 4.74 Å². The second-order valence-electron chi connectivity index (χ2n) is 6.88. The van der Waals surface area contributed by atoms with Crippen molar-refractivity contribution in [2.75, 3.05) is 7.11 Å². The molecule has 1 aliphatic carbocycles. The summed E-state index contributed by atoms with van der Waals surface area (Å²) in [7, 11) is 1.66. The summed E-state index contributed by atoms with van der Waals surface area (Å²) < 4.78 is 7.17. The van der Waals surface area contributed by atoms with E-state index in [-0.39, 0.29) is 11.8 Å². The van der Waals surface area contributed by atoms with Crippen molar-refractivity contribution in [3.8, 4) is 17.0 Å². The van der Waals surface area contributed by atoms with E-state index in [0.717, 1.165) is 45.3 Å². The van der Waals surface area contributed by atoms with E-state index in [1.54, 1.807) is 18.9 Å². The highest BCUT2D eigenvalue weighted by Crippen LogP contribution is 2.48. The number of rotatable bonds is 7. The Hall–Kier alpha value is -2.73. The third-order valence-electron chi connectivity index (χ3n) is 5.06. The molecular weight excluding hydrogens is 372 g/mol. The number of hydrogen-bond donors (Lipinski definition) is 1. The maximum atomic E-state index is 11.1. The summed E-state index contributed by atoms with van der Waals surface area (Å²) in [6.45, 7) is 2.87. The maximum Gasteiger partial charge on any atom is 0.307 e. The minimum absolute atomic E-state index is 0.146. The Kier molecular flexibility index (Phi) is 5.13. The van der Waals surface area contributed by atoms with Crippen LogP contribution in [0.3, 0.4) is 0 Å². The highest BCUT2D eigenvalue weighted by Gasteiger charge is 2.44. The minimum Gasteiger partial charge on any atom is -0.497 e. The van der Waals surface area contributed by atoms with Gasteiger partial charge < -0.3 is 9.84 Å². The highest BCUT2D eigenvalue weighted by molar-refractivity contribution is 7.99. The van der Waals surface area contributed by atoms with Crippen LogP contribution in [0.5, 0.6) is 5.75 Å². The van der Waals surface area contributed by atoms with Crippen LogP contribution in [-0.2, 0) is 11.3 Å². The van der Waals surface area contributed by atoms with E-state index in [4.69, 9.17) is 14.9 Å². The van der Waals surface area contributed by atoms with Crippen LogP contribution >= 0.6 is 11.8 Å². The first kappa shape index (κ1) is 18.6. The van der Waals surface area contributed by atoms with E-state index < -0.39 is 5.97 Å². The summed E-state index contributed by atoms with van der Waals surface area (Å²) in [6, 6.07) is 16.2. The number of ether oxygens (including phenoxy) is 1. The van der Waals surface area contributed by atoms with Gasteiger partial charge in [0, 0.05) is 23.2 Å². The van der Waals surface area contributed by atoms with Gasteiger partial charge in [-0.25, -0.2) is 0 Å². The van der Waals surface area contributed by atoms with E-state index in [9.17, 15) is 4.79 Å². The lowest BCUT2D eigenvalue weighted by Gasteiger charge is -2.05. The summed E-state index contributed by atoms with van der Waals surface area (Å²) >= 11 is 1.67. The molecule has 1 N–H and O–H groups in total. The smallest absolute Gasteiger partial charge is 0.307 e. The molecule has 1 fully saturated rings. The van der Waals surface area contributed by atoms with Gasteiger partial charge in [-0.2, -0.15) is 5.10 Å². The molecule has 2 unspecified atom stereocenters. The van der Waals surface area contributed by atoms with Crippen LogP contribution in [0.15, 0.2) is 64.5 Å². The summed E-state index contributed by atoms with van der Waals surface area (Å²) in [5.41, 5.74) is 3.08. The second-order valence-corrected chi connectivity index (χ2v) is 8.00. The third-order valence-corrected chi connectivity index (χ3v) is 6.09. The number of aliphatic carboxylic acids is 1. The number of carbonyl (C=O) groups is 1. The zero-order valence-corrected chi connectivity index (χ0v) is 16.6. The molecule has 6 heteroatoms. The fourth-order valence-corrected chi connectivity index (χ4v) is 4.29. The number of benzene rings is 2. The molecule has 0 radical (unpaired) electrons. The number of aromatic nitrogens is 2. The second kappa shape index (κ2) is 7.72. The lowest BCUT2D eigenvalue weighted by atomic mass is 10.1. The molecule has 1 aromatic heterocycles. The number of methoxy groups -OCH3 is 1. The summed E-state index contributed by atoms with van der Waals surface area (Å²) in [5.74, 6) is 0.0531. The van der Waals surface area contributed by atoms with E-state index in [2.05, 4.69) is 13.1 Å². The van der Waals surface area contributed by atoms with Crippen LogP contribution in [-0.4, -0.2) is 28.0 Å². The molecule has 2 atom stereocenters. The normalized spacial score (nSPS) is 18.1. The molecule has 0 bridgehead atoms. The molecule has 0 amide bonds. The fraction of sp³-hybridized carbons (Fsp3) is 0.273. The van der Waals surface area contributed by atoms with Gasteiger partial charge in [-0.15, -0.1) is 0 Å². The van der Waals surface area contributed by atoms with E-state index in [1.165, 1.54) is 0 Å². The van der Waals surface area contributed by atoms with Crippen molar-refractivity contribution in [3.05, 3.63) is 60.3 Å². The Labute approximate surface area is 168 Å². The van der Waals surface area contributed by atoms with E-state index >= 15 is 0 Å². The van der Waals surface area contributed by atoms with Gasteiger partial charge in [-0.3, -0.25) is 9.48 Å². The van der Waals surface area contributed by atoms with Crippen molar-refractivity contribution >= 4 is 17.7 Å². The molecule has 28 heavy (non-hydrogen) atoms. The van der Waals surface area contributed by atoms with E-state index in [1.807, 2.05) is 53.2 Å². The largest absolute Gasteiger partial charge is 0.497 e. The zero-order chi connectivity index (χ0) is 19.7. The Morgan fingerprint density at radius 2 is 1.93 bits per heavy atom. The molecule has 0 saturated heterocycles. The monoisotopic (exact) mass is 394 g/mol. The number of nitrogens with zero attached hydrogens (tertiary/aromatic N) is 2. The molecule has 1 aliphatic rings. The first-order valence-electron chi connectivity index (χ1n) is 9.31. The highest BCUT2D eigenvalue weighted by atomic mass is 32.2. The summed E-state index contributed by atoms with van der Waals surface area (Å²) in [4.78, 5) is 13.3. The van der Waals surface area contributed by atoms with Crippen molar-refractivity contribution in [1.29, 1.82) is 0 Å². The van der Waals surface area contributed by atoms with Crippen molar-refractivity contribution < 1.29 is 14.6 Å². The van der Waals surface area contributed by atoms with Crippen LogP contribution in [0.2, 0.25) is 0 Å². The standard InChI is InChI=1S/C22H22N2O3S/c1-3-24-13-20(28-17-10-8-16(27-2)9-11-17)21(23-24)15-6-4-14(5-7-15)18-12-19(18)22(25)26/h4-11,13,18-19H,3,12H2,1-2H3,(H,25,26). The Bertz CT molecular complexity index is 980.